The minimum atomic E-state index is 0.387. The minimum Gasteiger partial charge on any atom is -0.380 e. The Labute approximate surface area is 68.7 Å². The van der Waals surface area contributed by atoms with E-state index < -0.39 is 0 Å². The third kappa shape index (κ3) is 2.15. The van der Waals surface area contributed by atoms with Crippen LogP contribution in [0.15, 0.2) is 0 Å². The SMILES string of the molecule is CNCC1(CN(C)C)COC1. The molecule has 1 saturated heterocycles. The molecule has 0 bridgehead atoms. The van der Waals surface area contributed by atoms with E-state index in [1.54, 1.807) is 0 Å². The van der Waals surface area contributed by atoms with E-state index in [0.717, 1.165) is 26.3 Å². The summed E-state index contributed by atoms with van der Waals surface area (Å²) in [6.45, 7) is 4.00. The minimum absolute atomic E-state index is 0.387. The second kappa shape index (κ2) is 3.52. The van der Waals surface area contributed by atoms with Gasteiger partial charge in [0.25, 0.3) is 0 Å². The molecule has 0 amide bonds. The van der Waals surface area contributed by atoms with Gasteiger partial charge in [0.05, 0.1) is 13.2 Å². The lowest BCUT2D eigenvalue weighted by molar-refractivity contribution is -0.119. The van der Waals surface area contributed by atoms with Crippen LogP contribution in [0.1, 0.15) is 0 Å². The number of rotatable bonds is 4. The Hall–Kier alpha value is -0.120. The van der Waals surface area contributed by atoms with Crippen LogP contribution in [-0.2, 0) is 4.74 Å². The van der Waals surface area contributed by atoms with Crippen molar-refractivity contribution < 1.29 is 4.74 Å². The van der Waals surface area contributed by atoms with Gasteiger partial charge in [-0.25, -0.2) is 0 Å². The molecule has 3 nitrogen and oxygen atoms in total. The summed E-state index contributed by atoms with van der Waals surface area (Å²) < 4.78 is 5.22. The zero-order chi connectivity index (χ0) is 8.32. The van der Waals surface area contributed by atoms with E-state index in [-0.39, 0.29) is 0 Å². The van der Waals surface area contributed by atoms with Gasteiger partial charge in [0.2, 0.25) is 0 Å². The maximum atomic E-state index is 5.22. The van der Waals surface area contributed by atoms with E-state index in [1.807, 2.05) is 7.05 Å². The lowest BCUT2D eigenvalue weighted by Gasteiger charge is -2.43. The molecule has 1 rings (SSSR count). The van der Waals surface area contributed by atoms with Crippen molar-refractivity contribution in [2.24, 2.45) is 5.41 Å². The van der Waals surface area contributed by atoms with Gasteiger partial charge in [-0.3, -0.25) is 0 Å². The normalized spacial score (nSPS) is 21.8. The molecule has 0 aromatic carbocycles. The Morgan fingerprint density at radius 3 is 2.36 bits per heavy atom. The number of hydrogen-bond acceptors (Lipinski definition) is 3. The first-order valence-corrected chi connectivity index (χ1v) is 4.06. The van der Waals surface area contributed by atoms with E-state index in [0.29, 0.717) is 5.41 Å². The van der Waals surface area contributed by atoms with Crippen molar-refractivity contribution in [1.29, 1.82) is 0 Å². The fourth-order valence-electron chi connectivity index (χ4n) is 1.69. The highest BCUT2D eigenvalue weighted by atomic mass is 16.5. The molecular formula is C8H18N2O. The first kappa shape index (κ1) is 8.97. The molecule has 1 heterocycles. The molecule has 3 heteroatoms. The van der Waals surface area contributed by atoms with Gasteiger partial charge >= 0.3 is 0 Å². The van der Waals surface area contributed by atoms with E-state index in [1.165, 1.54) is 0 Å². The molecule has 1 aliphatic heterocycles. The number of nitrogens with one attached hydrogen (secondary N) is 1. The van der Waals surface area contributed by atoms with Gasteiger partial charge in [-0.05, 0) is 21.1 Å². The summed E-state index contributed by atoms with van der Waals surface area (Å²) in [7, 11) is 6.21. The predicted octanol–water partition coefficient (Wildman–Crippen LogP) is -0.216. The summed E-state index contributed by atoms with van der Waals surface area (Å²) in [4.78, 5) is 2.22. The van der Waals surface area contributed by atoms with Crippen LogP contribution in [0.3, 0.4) is 0 Å². The lowest BCUT2D eigenvalue weighted by atomic mass is 9.85. The van der Waals surface area contributed by atoms with Crippen LogP contribution in [0.4, 0.5) is 0 Å². The van der Waals surface area contributed by atoms with Crippen LogP contribution in [0.2, 0.25) is 0 Å². The quantitative estimate of drug-likeness (QED) is 0.612. The number of nitrogens with zero attached hydrogens (tertiary/aromatic N) is 1. The highest BCUT2D eigenvalue weighted by Crippen LogP contribution is 2.26. The molecule has 66 valence electrons. The maximum Gasteiger partial charge on any atom is 0.0569 e. The van der Waals surface area contributed by atoms with Crippen molar-refractivity contribution in [3.8, 4) is 0 Å². The van der Waals surface area contributed by atoms with Crippen LogP contribution >= 0.6 is 0 Å². The van der Waals surface area contributed by atoms with Crippen LogP contribution in [0.5, 0.6) is 0 Å². The van der Waals surface area contributed by atoms with Gasteiger partial charge in [-0.2, -0.15) is 0 Å². The largest absolute Gasteiger partial charge is 0.380 e. The van der Waals surface area contributed by atoms with Crippen LogP contribution in [0.25, 0.3) is 0 Å². The molecule has 0 atom stereocenters. The molecule has 0 aliphatic carbocycles. The smallest absolute Gasteiger partial charge is 0.0569 e. The average molecular weight is 158 g/mol. The second-order valence-electron chi connectivity index (χ2n) is 3.76. The zero-order valence-corrected chi connectivity index (χ0v) is 7.68. The van der Waals surface area contributed by atoms with E-state index in [4.69, 9.17) is 4.74 Å². The zero-order valence-electron chi connectivity index (χ0n) is 7.68. The molecule has 0 aromatic heterocycles. The van der Waals surface area contributed by atoms with Gasteiger partial charge in [0.15, 0.2) is 0 Å². The summed E-state index contributed by atoms with van der Waals surface area (Å²) in [6, 6.07) is 0. The average Bonchev–Trinajstić information content (AvgIpc) is 1.82. The highest BCUT2D eigenvalue weighted by molar-refractivity contribution is 4.89. The van der Waals surface area contributed by atoms with Crippen molar-refractivity contribution >= 4 is 0 Å². The van der Waals surface area contributed by atoms with Crippen molar-refractivity contribution in [2.75, 3.05) is 47.4 Å². The summed E-state index contributed by atoms with van der Waals surface area (Å²) in [5.74, 6) is 0. The third-order valence-corrected chi connectivity index (χ3v) is 2.02. The van der Waals surface area contributed by atoms with Crippen molar-refractivity contribution in [2.45, 2.75) is 0 Å². The Balaban J connectivity index is 2.33. The van der Waals surface area contributed by atoms with Gasteiger partial charge in [0.1, 0.15) is 0 Å². The number of ether oxygens (including phenoxy) is 1. The van der Waals surface area contributed by atoms with Gasteiger partial charge in [-0.15, -0.1) is 0 Å². The van der Waals surface area contributed by atoms with Crippen molar-refractivity contribution in [3.63, 3.8) is 0 Å². The highest BCUT2D eigenvalue weighted by Gasteiger charge is 2.38. The van der Waals surface area contributed by atoms with Crippen LogP contribution < -0.4 is 5.32 Å². The fourth-order valence-corrected chi connectivity index (χ4v) is 1.69. The molecule has 11 heavy (non-hydrogen) atoms. The van der Waals surface area contributed by atoms with Crippen molar-refractivity contribution in [3.05, 3.63) is 0 Å². The standard InChI is InChI=1S/C8H18N2O/c1-9-4-8(5-10(2)3)6-11-7-8/h9H,4-7H2,1-3H3. The Morgan fingerprint density at radius 2 is 2.09 bits per heavy atom. The molecule has 0 saturated carbocycles. The first-order valence-electron chi connectivity index (χ1n) is 4.06. The predicted molar refractivity (Wildman–Crippen MR) is 45.7 cm³/mol. The Bertz CT molecular complexity index is 121. The van der Waals surface area contributed by atoms with Gasteiger partial charge in [-0.1, -0.05) is 0 Å². The monoisotopic (exact) mass is 158 g/mol. The molecule has 0 unspecified atom stereocenters. The molecule has 0 spiro atoms. The lowest BCUT2D eigenvalue weighted by Crippen LogP contribution is -2.54. The summed E-state index contributed by atoms with van der Waals surface area (Å²) in [5, 5.41) is 3.21. The molecule has 1 N–H and O–H groups in total. The molecule has 1 fully saturated rings. The molecular weight excluding hydrogens is 140 g/mol. The molecule has 1 aliphatic rings. The molecule has 0 aromatic rings. The Morgan fingerprint density at radius 1 is 1.45 bits per heavy atom. The van der Waals surface area contributed by atoms with Crippen molar-refractivity contribution in [1.82, 2.24) is 10.2 Å². The summed E-state index contributed by atoms with van der Waals surface area (Å²) >= 11 is 0. The van der Waals surface area contributed by atoms with Crippen LogP contribution in [-0.4, -0.2) is 52.3 Å². The third-order valence-electron chi connectivity index (χ3n) is 2.02. The van der Waals surface area contributed by atoms with Gasteiger partial charge < -0.3 is 15.0 Å². The van der Waals surface area contributed by atoms with E-state index >= 15 is 0 Å². The van der Waals surface area contributed by atoms with E-state index in [2.05, 4.69) is 24.3 Å². The molecule has 0 radical (unpaired) electrons. The second-order valence-corrected chi connectivity index (χ2v) is 3.76. The topological polar surface area (TPSA) is 24.5 Å². The first-order chi connectivity index (χ1) is 5.18. The summed E-state index contributed by atoms with van der Waals surface area (Å²) in [5.41, 5.74) is 0.387. The fraction of sp³-hybridized carbons (Fsp3) is 1.00. The van der Waals surface area contributed by atoms with Gasteiger partial charge in [0, 0.05) is 18.5 Å². The number of hydrogen-bond donors (Lipinski definition) is 1. The Kier molecular flexibility index (Phi) is 2.87. The maximum absolute atomic E-state index is 5.22. The van der Waals surface area contributed by atoms with E-state index in [9.17, 15) is 0 Å². The summed E-state index contributed by atoms with van der Waals surface area (Å²) in [6.07, 6.45) is 0. The van der Waals surface area contributed by atoms with Crippen LogP contribution in [0, 0.1) is 5.41 Å².